The van der Waals surface area contributed by atoms with E-state index in [1.54, 1.807) is 12.3 Å². The fraction of sp³-hybridized carbons (Fsp3) is 0.389. The summed E-state index contributed by atoms with van der Waals surface area (Å²) >= 11 is 5.91. The van der Waals surface area contributed by atoms with Gasteiger partial charge in [-0.3, -0.25) is 4.79 Å². The maximum Gasteiger partial charge on any atom is 0.270 e. The van der Waals surface area contributed by atoms with Gasteiger partial charge in [0.05, 0.1) is 0 Å². The molecule has 0 radical (unpaired) electrons. The largest absolute Gasteiger partial charge is 0.348 e. The molecule has 1 aromatic carbocycles. The summed E-state index contributed by atoms with van der Waals surface area (Å²) in [6.45, 7) is 0. The maximum absolute atomic E-state index is 12.3. The lowest BCUT2D eigenvalue weighted by Gasteiger charge is -2.36. The molecule has 1 N–H and O–H groups in total. The number of halogens is 1. The van der Waals surface area contributed by atoms with E-state index >= 15 is 0 Å². The van der Waals surface area contributed by atoms with Crippen molar-refractivity contribution < 1.29 is 4.79 Å². The molecule has 2 aromatic rings. The molecule has 4 rings (SSSR count). The smallest absolute Gasteiger partial charge is 0.270 e. The monoisotopic (exact) mass is 327 g/mol. The summed E-state index contributed by atoms with van der Waals surface area (Å²) in [4.78, 5) is 21.0. The van der Waals surface area contributed by atoms with Gasteiger partial charge in [-0.15, -0.1) is 0 Å². The van der Waals surface area contributed by atoms with Crippen LogP contribution < -0.4 is 5.32 Å². The Balaban J connectivity index is 1.34. The van der Waals surface area contributed by atoms with Crippen LogP contribution in [0.25, 0.3) is 0 Å². The fourth-order valence-electron chi connectivity index (χ4n) is 3.04. The van der Waals surface area contributed by atoms with Crippen LogP contribution in [0.4, 0.5) is 0 Å². The van der Waals surface area contributed by atoms with Crippen LogP contribution in [0.5, 0.6) is 0 Å². The van der Waals surface area contributed by atoms with Crippen LogP contribution in [0.3, 0.4) is 0 Å². The van der Waals surface area contributed by atoms with Crippen LogP contribution in [-0.4, -0.2) is 21.9 Å². The second-order valence-corrected chi connectivity index (χ2v) is 6.90. The van der Waals surface area contributed by atoms with Gasteiger partial charge in [0.25, 0.3) is 5.91 Å². The van der Waals surface area contributed by atoms with Crippen LogP contribution in [0, 0.1) is 0 Å². The third-order valence-electron chi connectivity index (χ3n) is 4.66. The van der Waals surface area contributed by atoms with Crippen molar-refractivity contribution in [2.75, 3.05) is 0 Å². The van der Waals surface area contributed by atoms with Crippen LogP contribution in [0.15, 0.2) is 36.5 Å². The maximum atomic E-state index is 12.3. The number of nitrogens with zero attached hydrogens (tertiary/aromatic N) is 2. The molecule has 0 saturated heterocycles. The van der Waals surface area contributed by atoms with Gasteiger partial charge in [-0.05, 0) is 55.4 Å². The molecule has 4 nitrogen and oxygen atoms in total. The van der Waals surface area contributed by atoms with Crippen molar-refractivity contribution in [3.8, 4) is 0 Å². The molecule has 0 atom stereocenters. The zero-order valence-electron chi connectivity index (χ0n) is 12.7. The lowest BCUT2D eigenvalue weighted by molar-refractivity contribution is 0.0903. The average molecular weight is 328 g/mol. The summed E-state index contributed by atoms with van der Waals surface area (Å²) in [5.41, 5.74) is 1.77. The first kappa shape index (κ1) is 14.6. The molecule has 2 aliphatic carbocycles. The molecule has 1 amide bonds. The highest BCUT2D eigenvalue weighted by molar-refractivity contribution is 6.30. The molecule has 0 aliphatic heterocycles. The highest BCUT2D eigenvalue weighted by Crippen LogP contribution is 2.38. The predicted octanol–water partition coefficient (Wildman–Crippen LogP) is 3.68. The molecule has 1 aromatic heterocycles. The molecule has 5 heteroatoms. The minimum atomic E-state index is -0.0890. The van der Waals surface area contributed by atoms with Gasteiger partial charge in [-0.25, -0.2) is 9.97 Å². The van der Waals surface area contributed by atoms with Crippen molar-refractivity contribution in [3.63, 3.8) is 0 Å². The number of rotatable bonds is 4. The summed E-state index contributed by atoms with van der Waals surface area (Å²) in [7, 11) is 0. The summed E-state index contributed by atoms with van der Waals surface area (Å²) in [5.74, 6) is 1.69. The predicted molar refractivity (Wildman–Crippen MR) is 88.7 cm³/mol. The van der Waals surface area contributed by atoms with Gasteiger partial charge in [0, 0.05) is 23.2 Å². The molecule has 0 unspecified atom stereocenters. The first-order valence-corrected chi connectivity index (χ1v) is 8.46. The molecule has 23 heavy (non-hydrogen) atoms. The molecular formula is C18H18ClN3O. The molecule has 0 bridgehead atoms. The van der Waals surface area contributed by atoms with E-state index in [9.17, 15) is 4.79 Å². The zero-order chi connectivity index (χ0) is 15.8. The molecule has 118 valence electrons. The zero-order valence-corrected chi connectivity index (χ0v) is 13.5. The number of nitrogens with one attached hydrogen (secondary N) is 1. The van der Waals surface area contributed by atoms with Crippen molar-refractivity contribution in [2.45, 2.75) is 43.6 Å². The van der Waals surface area contributed by atoms with Gasteiger partial charge in [0.2, 0.25) is 0 Å². The number of carbonyl (C=O) groups excluding carboxylic acids is 1. The van der Waals surface area contributed by atoms with E-state index in [2.05, 4.69) is 27.4 Å². The van der Waals surface area contributed by atoms with E-state index in [4.69, 9.17) is 11.6 Å². The highest BCUT2D eigenvalue weighted by atomic mass is 35.5. The summed E-state index contributed by atoms with van der Waals surface area (Å²) in [6, 6.07) is 9.89. The lowest BCUT2D eigenvalue weighted by Crippen LogP contribution is -2.43. The Morgan fingerprint density at radius 3 is 2.52 bits per heavy atom. The van der Waals surface area contributed by atoms with Crippen molar-refractivity contribution in [1.29, 1.82) is 0 Å². The molecule has 2 aliphatic rings. The number of hydrogen-bond donors (Lipinski definition) is 1. The van der Waals surface area contributed by atoms with E-state index in [1.807, 2.05) is 12.1 Å². The first-order valence-electron chi connectivity index (χ1n) is 8.08. The fourth-order valence-corrected chi connectivity index (χ4v) is 3.17. The van der Waals surface area contributed by atoms with Gasteiger partial charge in [0.15, 0.2) is 0 Å². The minimum absolute atomic E-state index is 0.0890. The van der Waals surface area contributed by atoms with E-state index < -0.39 is 0 Å². The van der Waals surface area contributed by atoms with E-state index in [-0.39, 0.29) is 11.9 Å². The minimum Gasteiger partial charge on any atom is -0.348 e. The van der Waals surface area contributed by atoms with Crippen LogP contribution >= 0.6 is 11.6 Å². The van der Waals surface area contributed by atoms with E-state index in [0.29, 0.717) is 17.5 Å². The Labute approximate surface area is 140 Å². The van der Waals surface area contributed by atoms with Gasteiger partial charge < -0.3 is 5.32 Å². The number of aromatic nitrogens is 2. The number of benzene rings is 1. The van der Waals surface area contributed by atoms with E-state index in [1.165, 1.54) is 5.56 Å². The third-order valence-corrected chi connectivity index (χ3v) is 4.92. The quantitative estimate of drug-likeness (QED) is 0.932. The van der Waals surface area contributed by atoms with Gasteiger partial charge in [-0.1, -0.05) is 23.7 Å². The molecule has 2 fully saturated rings. The van der Waals surface area contributed by atoms with Gasteiger partial charge >= 0.3 is 0 Å². The standard InChI is InChI=1S/C18H18ClN3O/c19-14-5-3-11(4-6-14)13-9-15(10-13)21-18(23)16-7-8-20-17(22-16)12-1-2-12/h3-8,12-13,15H,1-2,9-10H2,(H,21,23). The first-order chi connectivity index (χ1) is 11.2. The molecule has 2 saturated carbocycles. The van der Waals surface area contributed by atoms with Crippen molar-refractivity contribution in [2.24, 2.45) is 0 Å². The van der Waals surface area contributed by atoms with E-state index in [0.717, 1.165) is 36.5 Å². The number of amides is 1. The molecule has 1 heterocycles. The van der Waals surface area contributed by atoms with Gasteiger partial charge in [-0.2, -0.15) is 0 Å². The average Bonchev–Trinajstić information content (AvgIpc) is 3.36. The summed E-state index contributed by atoms with van der Waals surface area (Å²) < 4.78 is 0. The molecular weight excluding hydrogens is 310 g/mol. The third kappa shape index (κ3) is 3.22. The number of hydrogen-bond acceptors (Lipinski definition) is 3. The second kappa shape index (κ2) is 5.93. The van der Waals surface area contributed by atoms with Crippen molar-refractivity contribution >= 4 is 17.5 Å². The Morgan fingerprint density at radius 1 is 1.09 bits per heavy atom. The summed E-state index contributed by atoms with van der Waals surface area (Å²) in [5, 5.41) is 3.83. The summed E-state index contributed by atoms with van der Waals surface area (Å²) in [6.07, 6.45) is 5.89. The second-order valence-electron chi connectivity index (χ2n) is 6.46. The number of carbonyl (C=O) groups is 1. The topological polar surface area (TPSA) is 54.9 Å². The lowest BCUT2D eigenvalue weighted by atomic mass is 9.76. The van der Waals surface area contributed by atoms with Crippen LogP contribution in [-0.2, 0) is 0 Å². The van der Waals surface area contributed by atoms with Crippen molar-refractivity contribution in [3.05, 3.63) is 58.6 Å². The Bertz CT molecular complexity index is 721. The Kier molecular flexibility index (Phi) is 3.77. The normalized spacial score (nSPS) is 23.2. The van der Waals surface area contributed by atoms with Crippen LogP contribution in [0.2, 0.25) is 5.02 Å². The highest BCUT2D eigenvalue weighted by Gasteiger charge is 2.32. The Morgan fingerprint density at radius 2 is 1.83 bits per heavy atom. The Hall–Kier alpha value is -1.94. The van der Waals surface area contributed by atoms with Crippen LogP contribution in [0.1, 0.15) is 59.4 Å². The van der Waals surface area contributed by atoms with Gasteiger partial charge in [0.1, 0.15) is 11.5 Å². The molecule has 0 spiro atoms. The van der Waals surface area contributed by atoms with Crippen molar-refractivity contribution in [1.82, 2.24) is 15.3 Å². The SMILES string of the molecule is O=C(NC1CC(c2ccc(Cl)cc2)C1)c1ccnc(C2CC2)n1.